The van der Waals surface area contributed by atoms with Gasteiger partial charge in [0.2, 0.25) is 5.78 Å². The number of methoxy groups -OCH3 is 1. The number of carbonyl (C=O) groups is 4. The number of hydrogen-bond acceptors (Lipinski definition) is 6. The number of ether oxygens (including phenoxy) is 2. The topological polar surface area (TPSA) is 107 Å². The van der Waals surface area contributed by atoms with Crippen molar-refractivity contribution in [2.24, 2.45) is 11.3 Å². The van der Waals surface area contributed by atoms with Crippen LogP contribution in [0.3, 0.4) is 0 Å². The summed E-state index contributed by atoms with van der Waals surface area (Å²) >= 11 is 0. The molecule has 1 N–H and O–H groups in total. The first-order valence-corrected chi connectivity index (χ1v) is 11.9. The smallest absolute Gasteiger partial charge is 0.326 e. The van der Waals surface area contributed by atoms with E-state index in [9.17, 15) is 19.2 Å². The van der Waals surface area contributed by atoms with Crippen molar-refractivity contribution < 1.29 is 28.7 Å². The Morgan fingerprint density at radius 3 is 2.56 bits per heavy atom. The number of rotatable bonds is 9. The van der Waals surface area contributed by atoms with Crippen molar-refractivity contribution in [3.63, 3.8) is 0 Å². The lowest BCUT2D eigenvalue weighted by atomic mass is 9.64. The molecule has 1 aromatic rings. The summed E-state index contributed by atoms with van der Waals surface area (Å²) in [6.07, 6.45) is 2.86. The number of ketones is 1. The second-order valence-electron chi connectivity index (χ2n) is 10.6. The SMILES string of the molecule is COCCCn1c(C)cc(C(=O)COC(=O)CN2C(=O)NC3(CC(C)CC(C)(C)C3)C2=O)c1C. The number of urea groups is 1. The number of imide groups is 1. The Bertz CT molecular complexity index is 982. The summed E-state index contributed by atoms with van der Waals surface area (Å²) in [7, 11) is 1.65. The summed E-state index contributed by atoms with van der Waals surface area (Å²) in [4.78, 5) is 51.8. The number of Topliss-reactive ketones (excluding diaryl/α,β-unsaturated/α-hetero) is 1. The maximum atomic E-state index is 13.2. The molecular weight excluding hydrogens is 438 g/mol. The van der Waals surface area contributed by atoms with Crippen molar-refractivity contribution in [3.05, 3.63) is 23.0 Å². The number of aromatic nitrogens is 1. The summed E-state index contributed by atoms with van der Waals surface area (Å²) in [6, 6.07) is 1.20. The summed E-state index contributed by atoms with van der Waals surface area (Å²) < 4.78 is 12.3. The van der Waals surface area contributed by atoms with E-state index >= 15 is 0 Å². The minimum atomic E-state index is -0.977. The van der Waals surface area contributed by atoms with Gasteiger partial charge in [0.05, 0.1) is 0 Å². The van der Waals surface area contributed by atoms with Crippen LogP contribution in [0.1, 0.15) is 68.2 Å². The summed E-state index contributed by atoms with van der Waals surface area (Å²) in [5.41, 5.74) is 1.17. The van der Waals surface area contributed by atoms with Crippen molar-refractivity contribution in [3.8, 4) is 0 Å². The van der Waals surface area contributed by atoms with Crippen LogP contribution < -0.4 is 5.32 Å². The molecule has 34 heavy (non-hydrogen) atoms. The van der Waals surface area contributed by atoms with Crippen LogP contribution in [0.5, 0.6) is 0 Å². The predicted molar refractivity (Wildman–Crippen MR) is 125 cm³/mol. The van der Waals surface area contributed by atoms with E-state index in [1.54, 1.807) is 13.2 Å². The molecule has 188 valence electrons. The Balaban J connectivity index is 1.59. The van der Waals surface area contributed by atoms with Gasteiger partial charge in [0, 0.05) is 37.2 Å². The van der Waals surface area contributed by atoms with Crippen molar-refractivity contribution >= 4 is 23.7 Å². The fourth-order valence-corrected chi connectivity index (χ4v) is 5.84. The lowest BCUT2D eigenvalue weighted by Gasteiger charge is -2.43. The third-order valence-electron chi connectivity index (χ3n) is 6.88. The second-order valence-corrected chi connectivity index (χ2v) is 10.6. The largest absolute Gasteiger partial charge is 0.456 e. The fourth-order valence-electron chi connectivity index (χ4n) is 5.84. The average molecular weight is 476 g/mol. The molecule has 2 aliphatic rings. The number of nitrogens with zero attached hydrogens (tertiary/aromatic N) is 2. The van der Waals surface area contributed by atoms with E-state index in [2.05, 4.69) is 26.1 Å². The molecule has 2 fully saturated rings. The van der Waals surface area contributed by atoms with Crippen molar-refractivity contribution in [1.82, 2.24) is 14.8 Å². The summed E-state index contributed by atoms with van der Waals surface area (Å²) in [6.45, 7) is 10.4. The number of amides is 3. The quantitative estimate of drug-likeness (QED) is 0.255. The van der Waals surface area contributed by atoms with Crippen LogP contribution in [-0.4, -0.2) is 65.6 Å². The standard InChI is InChI=1S/C25H37N3O6/c1-16-11-24(4,5)15-25(12-16)22(31)28(23(32)26-25)13-21(30)34-14-20(29)19-10-17(2)27(18(19)3)8-7-9-33-6/h10,16H,7-9,11-15H2,1-6H3,(H,26,32). The van der Waals surface area contributed by atoms with E-state index in [0.29, 0.717) is 25.0 Å². The van der Waals surface area contributed by atoms with Gasteiger partial charge in [-0.3, -0.25) is 19.3 Å². The monoisotopic (exact) mass is 475 g/mol. The van der Waals surface area contributed by atoms with Crippen LogP contribution >= 0.6 is 0 Å². The number of hydrogen-bond donors (Lipinski definition) is 1. The molecule has 3 amide bonds. The van der Waals surface area contributed by atoms with E-state index in [-0.39, 0.29) is 23.0 Å². The Morgan fingerprint density at radius 2 is 1.91 bits per heavy atom. The molecule has 0 aromatic carbocycles. The zero-order valence-corrected chi connectivity index (χ0v) is 21.2. The molecule has 2 atom stereocenters. The highest BCUT2D eigenvalue weighted by atomic mass is 16.5. The highest BCUT2D eigenvalue weighted by Gasteiger charge is 2.56. The Morgan fingerprint density at radius 1 is 1.21 bits per heavy atom. The van der Waals surface area contributed by atoms with Gasteiger partial charge in [-0.2, -0.15) is 0 Å². The van der Waals surface area contributed by atoms with Gasteiger partial charge in [-0.1, -0.05) is 20.8 Å². The first-order chi connectivity index (χ1) is 15.9. The van der Waals surface area contributed by atoms with Crippen LogP contribution in [0.15, 0.2) is 6.07 Å². The minimum absolute atomic E-state index is 0.0977. The van der Waals surface area contributed by atoms with Crippen LogP contribution in [0, 0.1) is 25.2 Å². The highest BCUT2D eigenvalue weighted by Crippen LogP contribution is 2.46. The molecule has 2 unspecified atom stereocenters. The van der Waals surface area contributed by atoms with E-state index in [1.165, 1.54) is 0 Å². The molecule has 1 saturated carbocycles. The van der Waals surface area contributed by atoms with Gasteiger partial charge in [-0.15, -0.1) is 0 Å². The molecule has 1 spiro atoms. The molecule has 1 aliphatic heterocycles. The van der Waals surface area contributed by atoms with Gasteiger partial charge in [0.25, 0.3) is 5.91 Å². The van der Waals surface area contributed by atoms with E-state index < -0.39 is 30.7 Å². The molecule has 9 nitrogen and oxygen atoms in total. The molecular formula is C25H37N3O6. The normalized spacial score (nSPS) is 23.9. The van der Waals surface area contributed by atoms with Crippen molar-refractivity contribution in [1.29, 1.82) is 0 Å². The Hall–Kier alpha value is -2.68. The van der Waals surface area contributed by atoms with Crippen LogP contribution in [0.4, 0.5) is 4.79 Å². The first kappa shape index (κ1) is 25.9. The zero-order valence-electron chi connectivity index (χ0n) is 21.2. The lowest BCUT2D eigenvalue weighted by Crippen LogP contribution is -2.54. The van der Waals surface area contributed by atoms with Crippen molar-refractivity contribution in [2.45, 2.75) is 72.4 Å². The van der Waals surface area contributed by atoms with E-state index in [0.717, 1.165) is 35.7 Å². The van der Waals surface area contributed by atoms with Gasteiger partial charge in [-0.05, 0) is 56.9 Å². The van der Waals surface area contributed by atoms with Gasteiger partial charge in [0.15, 0.2) is 6.61 Å². The third-order valence-corrected chi connectivity index (χ3v) is 6.88. The van der Waals surface area contributed by atoms with Crippen molar-refractivity contribution in [2.75, 3.05) is 26.9 Å². The Kier molecular flexibility index (Phi) is 7.55. The summed E-state index contributed by atoms with van der Waals surface area (Å²) in [5.74, 6) is -1.23. The van der Waals surface area contributed by atoms with Gasteiger partial charge < -0.3 is 19.4 Å². The zero-order chi connectivity index (χ0) is 25.3. The Labute approximate surface area is 201 Å². The highest BCUT2D eigenvalue weighted by molar-refractivity contribution is 6.09. The van der Waals surface area contributed by atoms with Gasteiger partial charge in [0.1, 0.15) is 12.1 Å². The van der Waals surface area contributed by atoms with Gasteiger partial charge >= 0.3 is 12.0 Å². The molecule has 1 aliphatic carbocycles. The van der Waals surface area contributed by atoms with Crippen LogP contribution in [0.2, 0.25) is 0 Å². The number of carbonyl (C=O) groups excluding carboxylic acids is 4. The molecule has 2 heterocycles. The van der Waals surface area contributed by atoms with Crippen LogP contribution in [-0.2, 0) is 25.6 Å². The van der Waals surface area contributed by atoms with Gasteiger partial charge in [-0.25, -0.2) is 4.79 Å². The molecule has 1 aromatic heterocycles. The molecule has 0 radical (unpaired) electrons. The molecule has 3 rings (SSSR count). The summed E-state index contributed by atoms with van der Waals surface area (Å²) in [5, 5.41) is 2.84. The molecule has 1 saturated heterocycles. The van der Waals surface area contributed by atoms with E-state index in [4.69, 9.17) is 9.47 Å². The number of esters is 1. The maximum absolute atomic E-state index is 13.2. The third kappa shape index (κ3) is 5.35. The molecule has 0 bridgehead atoms. The number of aryl methyl sites for hydroxylation is 1. The lowest BCUT2D eigenvalue weighted by molar-refractivity contribution is -0.147. The maximum Gasteiger partial charge on any atom is 0.326 e. The first-order valence-electron chi connectivity index (χ1n) is 11.9. The molecule has 9 heteroatoms. The van der Waals surface area contributed by atoms with Crippen LogP contribution in [0.25, 0.3) is 0 Å². The van der Waals surface area contributed by atoms with E-state index in [1.807, 2.05) is 18.4 Å². The number of nitrogens with one attached hydrogen (secondary N) is 1. The predicted octanol–water partition coefficient (Wildman–Crippen LogP) is 3.00. The second kappa shape index (κ2) is 9.90. The average Bonchev–Trinajstić information content (AvgIpc) is 3.12. The fraction of sp³-hybridized carbons (Fsp3) is 0.680. The minimum Gasteiger partial charge on any atom is -0.456 e.